The van der Waals surface area contributed by atoms with Crippen LogP contribution in [0.25, 0.3) is 21.9 Å². The number of aliphatic imine (C=N–C) groups is 2. The summed E-state index contributed by atoms with van der Waals surface area (Å²) in [5.41, 5.74) is 7.39. The van der Waals surface area contributed by atoms with E-state index in [1.807, 2.05) is 36.4 Å². The van der Waals surface area contributed by atoms with E-state index in [2.05, 4.69) is 15.3 Å². The second-order valence-corrected chi connectivity index (χ2v) is 4.94. The van der Waals surface area contributed by atoms with Gasteiger partial charge in [-0.05, 0) is 24.3 Å². The highest BCUT2D eigenvalue weighted by Gasteiger charge is 2.08. The molecule has 0 aliphatic carbocycles. The van der Waals surface area contributed by atoms with E-state index in [1.165, 1.54) is 0 Å². The van der Waals surface area contributed by atoms with E-state index in [9.17, 15) is 4.79 Å². The lowest BCUT2D eigenvalue weighted by Crippen LogP contribution is -2.15. The summed E-state index contributed by atoms with van der Waals surface area (Å²) in [6.07, 6.45) is 1.09. The number of fused-ring (bicyclic) bond motifs is 3. The van der Waals surface area contributed by atoms with E-state index in [4.69, 9.17) is 15.4 Å². The van der Waals surface area contributed by atoms with Crippen LogP contribution in [0.5, 0.6) is 0 Å². The number of carbonyl (C=O) groups excluding carboxylic acids is 1. The number of para-hydroxylation sites is 1. The number of furan rings is 1. The second kappa shape index (κ2) is 6.62. The normalized spacial score (nSPS) is 11.9. The zero-order valence-corrected chi connectivity index (χ0v) is 12.6. The number of nitrogens with zero attached hydrogens (tertiary/aromatic N) is 3. The Morgan fingerprint density at radius 3 is 2.88 bits per heavy atom. The summed E-state index contributed by atoms with van der Waals surface area (Å²) in [6.45, 7) is -0.119. The van der Waals surface area contributed by atoms with E-state index >= 15 is 0 Å². The second-order valence-electron chi connectivity index (χ2n) is 4.94. The molecular weight excluding hydrogens is 306 g/mol. The van der Waals surface area contributed by atoms with Crippen molar-refractivity contribution in [3.8, 4) is 6.07 Å². The van der Waals surface area contributed by atoms with Crippen molar-refractivity contribution < 1.29 is 9.21 Å². The first-order valence-corrected chi connectivity index (χ1v) is 7.10. The molecule has 0 spiro atoms. The Balaban J connectivity index is 1.74. The Morgan fingerprint density at radius 2 is 2.04 bits per heavy atom. The number of benzene rings is 2. The smallest absolute Gasteiger partial charge is 0.246 e. The summed E-state index contributed by atoms with van der Waals surface area (Å²) >= 11 is 0. The quantitative estimate of drug-likeness (QED) is 0.567. The number of amides is 1. The lowest BCUT2D eigenvalue weighted by atomic mass is 10.1. The molecule has 3 rings (SSSR count). The molecule has 0 fully saturated rings. The molecule has 3 N–H and O–H groups in total. The van der Waals surface area contributed by atoms with Crippen molar-refractivity contribution in [1.29, 1.82) is 5.26 Å². The maximum absolute atomic E-state index is 11.9. The third kappa shape index (κ3) is 3.23. The van der Waals surface area contributed by atoms with Gasteiger partial charge in [0.05, 0.1) is 0 Å². The van der Waals surface area contributed by atoms with Gasteiger partial charge in [0.2, 0.25) is 11.7 Å². The average Bonchev–Trinajstić information content (AvgIpc) is 2.96. The molecule has 1 aromatic heterocycles. The molecule has 0 unspecified atom stereocenters. The van der Waals surface area contributed by atoms with Crippen molar-refractivity contribution in [1.82, 2.24) is 0 Å². The van der Waals surface area contributed by atoms with Crippen LogP contribution < -0.4 is 11.1 Å². The van der Waals surface area contributed by atoms with Crippen molar-refractivity contribution in [2.24, 2.45) is 15.7 Å². The first kappa shape index (κ1) is 15.2. The van der Waals surface area contributed by atoms with Crippen molar-refractivity contribution >= 4 is 45.7 Å². The molecule has 7 heteroatoms. The van der Waals surface area contributed by atoms with Crippen molar-refractivity contribution in [2.45, 2.75) is 0 Å². The molecule has 0 atom stereocenters. The molecular formula is C17H13N5O2. The van der Waals surface area contributed by atoms with Crippen LogP contribution in [0.1, 0.15) is 0 Å². The lowest BCUT2D eigenvalue weighted by molar-refractivity contribution is -0.114. The topological polar surface area (TPSA) is 117 Å². The summed E-state index contributed by atoms with van der Waals surface area (Å²) in [6, 6.07) is 14.8. The van der Waals surface area contributed by atoms with E-state index in [1.54, 1.807) is 12.1 Å². The SMILES string of the molecule is N#CC(N)=NC=NCC(=O)Nc1ccc2oc3ccccc3c2c1. The summed E-state index contributed by atoms with van der Waals surface area (Å²) < 4.78 is 5.74. The fourth-order valence-corrected chi connectivity index (χ4v) is 2.26. The maximum Gasteiger partial charge on any atom is 0.246 e. The highest BCUT2D eigenvalue weighted by molar-refractivity contribution is 6.07. The Bertz CT molecular complexity index is 1010. The molecule has 7 nitrogen and oxygen atoms in total. The molecule has 1 heterocycles. The lowest BCUT2D eigenvalue weighted by Gasteiger charge is -2.02. The minimum atomic E-state index is -0.302. The number of nitrogens with two attached hydrogens (primary N) is 1. The molecule has 2 aromatic carbocycles. The standard InChI is InChI=1S/C17H13N5O2/c18-8-16(19)21-10-20-9-17(23)22-11-5-6-15-13(7-11)12-3-1-2-4-14(12)24-15/h1-7,10H,9H2,(H,22,23)(H2,19,20,21). The molecule has 0 bridgehead atoms. The first-order chi connectivity index (χ1) is 11.7. The Kier molecular flexibility index (Phi) is 4.21. The van der Waals surface area contributed by atoms with E-state index in [-0.39, 0.29) is 18.3 Å². The third-order valence-electron chi connectivity index (χ3n) is 3.29. The van der Waals surface area contributed by atoms with Crippen LogP contribution in [-0.2, 0) is 4.79 Å². The number of carbonyl (C=O) groups is 1. The molecule has 0 saturated carbocycles. The van der Waals surface area contributed by atoms with Crippen LogP contribution in [0.3, 0.4) is 0 Å². The summed E-state index contributed by atoms with van der Waals surface area (Å²) in [4.78, 5) is 19.2. The van der Waals surface area contributed by atoms with E-state index in [0.717, 1.165) is 28.3 Å². The molecule has 24 heavy (non-hydrogen) atoms. The van der Waals surface area contributed by atoms with Crippen molar-refractivity contribution in [3.05, 3.63) is 42.5 Å². The first-order valence-electron chi connectivity index (χ1n) is 7.10. The van der Waals surface area contributed by atoms with Gasteiger partial charge in [-0.15, -0.1) is 0 Å². The predicted octanol–water partition coefficient (Wildman–Crippen LogP) is 2.43. The predicted molar refractivity (Wildman–Crippen MR) is 92.9 cm³/mol. The van der Waals surface area contributed by atoms with Gasteiger partial charge >= 0.3 is 0 Å². The van der Waals surface area contributed by atoms with Gasteiger partial charge in [-0.25, -0.2) is 4.99 Å². The summed E-state index contributed by atoms with van der Waals surface area (Å²) in [5, 5.41) is 13.1. The monoisotopic (exact) mass is 319 g/mol. The molecule has 0 aliphatic rings. The third-order valence-corrected chi connectivity index (χ3v) is 3.29. The van der Waals surface area contributed by atoms with Gasteiger partial charge in [0.1, 0.15) is 30.1 Å². The van der Waals surface area contributed by atoms with Gasteiger partial charge in [0.25, 0.3) is 0 Å². The van der Waals surface area contributed by atoms with Crippen LogP contribution in [0.15, 0.2) is 56.9 Å². The number of hydrogen-bond donors (Lipinski definition) is 2. The van der Waals surface area contributed by atoms with E-state index < -0.39 is 0 Å². The van der Waals surface area contributed by atoms with Gasteiger partial charge in [0, 0.05) is 16.5 Å². The minimum absolute atomic E-state index is 0.119. The Hall–Kier alpha value is -3.66. The van der Waals surface area contributed by atoms with Gasteiger partial charge in [-0.2, -0.15) is 5.26 Å². The van der Waals surface area contributed by atoms with E-state index in [0.29, 0.717) is 5.69 Å². The molecule has 3 aromatic rings. The summed E-state index contributed by atoms with van der Waals surface area (Å²) in [7, 11) is 0. The fourth-order valence-electron chi connectivity index (χ4n) is 2.26. The largest absolute Gasteiger partial charge is 0.456 e. The number of anilines is 1. The number of hydrogen-bond acceptors (Lipinski definition) is 4. The highest BCUT2D eigenvalue weighted by Crippen LogP contribution is 2.30. The molecule has 0 radical (unpaired) electrons. The number of nitrogens with one attached hydrogen (secondary N) is 1. The number of rotatable bonds is 4. The van der Waals surface area contributed by atoms with Gasteiger partial charge in [-0.3, -0.25) is 9.79 Å². The Labute approximate surface area is 137 Å². The molecule has 1 amide bonds. The van der Waals surface area contributed by atoms with Crippen molar-refractivity contribution in [2.75, 3.05) is 11.9 Å². The van der Waals surface area contributed by atoms with Gasteiger partial charge < -0.3 is 15.5 Å². The van der Waals surface area contributed by atoms with Crippen molar-refractivity contribution in [3.63, 3.8) is 0 Å². The molecule has 0 aliphatic heterocycles. The summed E-state index contributed by atoms with van der Waals surface area (Å²) in [5.74, 6) is -0.513. The maximum atomic E-state index is 11.9. The highest BCUT2D eigenvalue weighted by atomic mass is 16.3. The van der Waals surface area contributed by atoms with Crippen LogP contribution in [0.4, 0.5) is 5.69 Å². The zero-order chi connectivity index (χ0) is 16.9. The Morgan fingerprint density at radius 1 is 1.25 bits per heavy atom. The van der Waals surface area contributed by atoms with Crippen LogP contribution >= 0.6 is 0 Å². The number of amidine groups is 1. The molecule has 0 saturated heterocycles. The van der Waals surface area contributed by atoms with Crippen LogP contribution in [0.2, 0.25) is 0 Å². The van der Waals surface area contributed by atoms with Gasteiger partial charge in [-0.1, -0.05) is 18.2 Å². The fraction of sp³-hybridized carbons (Fsp3) is 0.0588. The average molecular weight is 319 g/mol. The minimum Gasteiger partial charge on any atom is -0.456 e. The van der Waals surface area contributed by atoms with Gasteiger partial charge in [0.15, 0.2) is 0 Å². The number of nitriles is 1. The van der Waals surface area contributed by atoms with Crippen LogP contribution in [-0.4, -0.2) is 24.6 Å². The van der Waals surface area contributed by atoms with Crippen LogP contribution in [0, 0.1) is 11.3 Å². The molecule has 118 valence electrons. The zero-order valence-electron chi connectivity index (χ0n) is 12.6.